The predicted molar refractivity (Wildman–Crippen MR) is 68.0 cm³/mol. The van der Waals surface area contributed by atoms with Gasteiger partial charge in [0.2, 0.25) is 0 Å². The molecule has 0 unspecified atom stereocenters. The van der Waals surface area contributed by atoms with Gasteiger partial charge < -0.3 is 9.84 Å². The van der Waals surface area contributed by atoms with E-state index in [2.05, 4.69) is 9.97 Å². The lowest BCUT2D eigenvalue weighted by Crippen LogP contribution is -1.99. The maximum atomic E-state index is 11.1. The molecule has 0 aromatic carbocycles. The summed E-state index contributed by atoms with van der Waals surface area (Å²) in [6.07, 6.45) is 1.58. The van der Waals surface area contributed by atoms with Crippen molar-refractivity contribution < 1.29 is 14.6 Å². The third-order valence-electron chi connectivity index (χ3n) is 2.13. The number of pyridine rings is 1. The van der Waals surface area contributed by atoms with Gasteiger partial charge in [0, 0.05) is 13.3 Å². The first kappa shape index (κ1) is 12.9. The zero-order valence-electron chi connectivity index (χ0n) is 9.38. The Balaban J connectivity index is 2.50. The number of halogens is 1. The van der Waals surface area contributed by atoms with Gasteiger partial charge in [0.15, 0.2) is 0 Å². The van der Waals surface area contributed by atoms with Gasteiger partial charge in [-0.2, -0.15) is 0 Å². The zero-order valence-corrected chi connectivity index (χ0v) is 11.0. The van der Waals surface area contributed by atoms with Crippen LogP contribution in [0.2, 0.25) is 5.02 Å². The third-order valence-corrected chi connectivity index (χ3v) is 3.53. The van der Waals surface area contributed by atoms with Gasteiger partial charge in [0.1, 0.15) is 15.6 Å². The number of hydrogen-bond donors (Lipinski definition) is 1. The monoisotopic (exact) mass is 284 g/mol. The van der Waals surface area contributed by atoms with Gasteiger partial charge in [-0.3, -0.25) is 4.98 Å². The molecule has 2 rings (SSSR count). The second kappa shape index (κ2) is 5.43. The van der Waals surface area contributed by atoms with Crippen LogP contribution in [-0.2, 0) is 11.3 Å². The molecule has 7 heteroatoms. The molecule has 0 bridgehead atoms. The minimum absolute atomic E-state index is 0.141. The van der Waals surface area contributed by atoms with Crippen LogP contribution < -0.4 is 0 Å². The molecule has 0 fully saturated rings. The Morgan fingerprint density at radius 2 is 2.39 bits per heavy atom. The van der Waals surface area contributed by atoms with Crippen molar-refractivity contribution in [1.29, 1.82) is 0 Å². The van der Waals surface area contributed by atoms with Crippen molar-refractivity contribution in [2.24, 2.45) is 0 Å². The van der Waals surface area contributed by atoms with E-state index in [4.69, 9.17) is 21.4 Å². The lowest BCUT2D eigenvalue weighted by atomic mass is 10.3. The lowest BCUT2D eigenvalue weighted by molar-refractivity contribution is 0.0697. The summed E-state index contributed by atoms with van der Waals surface area (Å²) in [6.45, 7) is 0.141. The number of rotatable bonds is 4. The first-order chi connectivity index (χ1) is 8.63. The highest BCUT2D eigenvalue weighted by molar-refractivity contribution is 7.17. The Bertz CT molecular complexity index is 585. The topological polar surface area (TPSA) is 72.3 Å². The number of nitrogens with zero attached hydrogens (tertiary/aromatic N) is 2. The van der Waals surface area contributed by atoms with Gasteiger partial charge >= 0.3 is 5.97 Å². The molecule has 0 amide bonds. The molecule has 0 spiro atoms. The van der Waals surface area contributed by atoms with Gasteiger partial charge in [-0.15, -0.1) is 11.3 Å². The number of carbonyl (C=O) groups is 1. The molecule has 0 aliphatic heterocycles. The number of methoxy groups -OCH3 is 1. The van der Waals surface area contributed by atoms with Gasteiger partial charge in [-0.1, -0.05) is 11.6 Å². The Morgan fingerprint density at radius 3 is 3.00 bits per heavy atom. The van der Waals surface area contributed by atoms with E-state index in [1.807, 2.05) is 0 Å². The minimum Gasteiger partial charge on any atom is -0.477 e. The summed E-state index contributed by atoms with van der Waals surface area (Å²) in [5.74, 6) is -1.03. The number of carboxylic acid groups (broad SMARTS) is 1. The summed E-state index contributed by atoms with van der Waals surface area (Å²) < 4.78 is 4.93. The predicted octanol–water partition coefficient (Wildman–Crippen LogP) is 2.70. The molecule has 2 aromatic rings. The number of thiazole rings is 1. The number of aromatic carboxylic acids is 1. The fourth-order valence-electron chi connectivity index (χ4n) is 1.40. The first-order valence-corrected chi connectivity index (χ1v) is 6.15. The fourth-order valence-corrected chi connectivity index (χ4v) is 2.58. The molecule has 0 aliphatic rings. The summed E-state index contributed by atoms with van der Waals surface area (Å²) in [4.78, 5) is 19.6. The van der Waals surface area contributed by atoms with Crippen LogP contribution in [0.25, 0.3) is 10.7 Å². The van der Waals surface area contributed by atoms with E-state index in [0.717, 1.165) is 11.3 Å². The Hall–Kier alpha value is -1.50. The van der Waals surface area contributed by atoms with E-state index in [-0.39, 0.29) is 11.5 Å². The van der Waals surface area contributed by atoms with Gasteiger partial charge in [-0.25, -0.2) is 9.78 Å². The number of carboxylic acids is 1. The van der Waals surface area contributed by atoms with Crippen molar-refractivity contribution in [1.82, 2.24) is 9.97 Å². The van der Waals surface area contributed by atoms with Crippen molar-refractivity contribution in [3.05, 3.63) is 33.9 Å². The molecule has 0 radical (unpaired) electrons. The molecule has 0 aliphatic carbocycles. The van der Waals surface area contributed by atoms with Crippen molar-refractivity contribution in [2.45, 2.75) is 6.61 Å². The normalized spacial score (nSPS) is 10.6. The number of aromatic nitrogens is 2. The van der Waals surface area contributed by atoms with E-state index >= 15 is 0 Å². The van der Waals surface area contributed by atoms with Crippen LogP contribution in [0.1, 0.15) is 15.4 Å². The van der Waals surface area contributed by atoms with Crippen molar-refractivity contribution >= 4 is 28.9 Å². The Morgan fingerprint density at radius 1 is 1.61 bits per heavy atom. The molecular weight excluding hydrogens is 276 g/mol. The molecule has 2 heterocycles. The van der Waals surface area contributed by atoms with Gasteiger partial charge in [0.25, 0.3) is 0 Å². The average molecular weight is 285 g/mol. The van der Waals surface area contributed by atoms with Crippen LogP contribution in [0, 0.1) is 0 Å². The summed E-state index contributed by atoms with van der Waals surface area (Å²) >= 11 is 7.04. The van der Waals surface area contributed by atoms with Crippen molar-refractivity contribution in [3.8, 4) is 10.7 Å². The maximum Gasteiger partial charge on any atom is 0.347 e. The van der Waals surface area contributed by atoms with Crippen molar-refractivity contribution in [3.63, 3.8) is 0 Å². The van der Waals surface area contributed by atoms with Crippen LogP contribution in [0.5, 0.6) is 0 Å². The SMILES string of the molecule is COCc1nc(-c2ncccc2Cl)sc1C(=O)O. The second-order valence-corrected chi connectivity index (χ2v) is 4.77. The van der Waals surface area contributed by atoms with E-state index in [1.54, 1.807) is 18.3 Å². The molecule has 0 atom stereocenters. The maximum absolute atomic E-state index is 11.1. The molecule has 2 aromatic heterocycles. The molecule has 0 saturated heterocycles. The molecular formula is C11H9ClN2O3S. The Labute approximate surface area is 112 Å². The summed E-state index contributed by atoms with van der Waals surface area (Å²) in [5, 5.41) is 10.00. The average Bonchev–Trinajstić information content (AvgIpc) is 2.74. The summed E-state index contributed by atoms with van der Waals surface area (Å²) in [7, 11) is 1.48. The fraction of sp³-hybridized carbons (Fsp3) is 0.182. The minimum atomic E-state index is -1.03. The first-order valence-electron chi connectivity index (χ1n) is 4.96. The third kappa shape index (κ3) is 2.50. The highest BCUT2D eigenvalue weighted by atomic mass is 35.5. The molecule has 0 saturated carbocycles. The number of ether oxygens (including phenoxy) is 1. The molecule has 18 heavy (non-hydrogen) atoms. The molecule has 5 nitrogen and oxygen atoms in total. The Kier molecular flexibility index (Phi) is 3.90. The summed E-state index contributed by atoms with van der Waals surface area (Å²) in [5.41, 5.74) is 0.862. The quantitative estimate of drug-likeness (QED) is 0.934. The van der Waals surface area contributed by atoms with E-state index in [0.29, 0.717) is 21.4 Å². The lowest BCUT2D eigenvalue weighted by Gasteiger charge is -1.97. The standard InChI is InChI=1S/C11H9ClN2O3S/c1-17-5-7-9(11(15)16)18-10(14-7)8-6(12)3-2-4-13-8/h2-4H,5H2,1H3,(H,15,16). The smallest absolute Gasteiger partial charge is 0.347 e. The molecule has 94 valence electrons. The van der Waals surface area contributed by atoms with Crippen LogP contribution in [0.4, 0.5) is 0 Å². The molecule has 1 N–H and O–H groups in total. The van der Waals surface area contributed by atoms with E-state index < -0.39 is 5.97 Å². The highest BCUT2D eigenvalue weighted by Gasteiger charge is 2.19. The van der Waals surface area contributed by atoms with E-state index in [9.17, 15) is 4.79 Å². The summed E-state index contributed by atoms with van der Waals surface area (Å²) in [6, 6.07) is 3.38. The van der Waals surface area contributed by atoms with Crippen LogP contribution in [0.3, 0.4) is 0 Å². The number of hydrogen-bond acceptors (Lipinski definition) is 5. The highest BCUT2D eigenvalue weighted by Crippen LogP contribution is 2.31. The van der Waals surface area contributed by atoms with Gasteiger partial charge in [0.05, 0.1) is 17.3 Å². The van der Waals surface area contributed by atoms with E-state index in [1.165, 1.54) is 7.11 Å². The van der Waals surface area contributed by atoms with Crippen LogP contribution >= 0.6 is 22.9 Å². The van der Waals surface area contributed by atoms with Crippen LogP contribution in [-0.4, -0.2) is 28.2 Å². The van der Waals surface area contributed by atoms with Gasteiger partial charge in [-0.05, 0) is 12.1 Å². The van der Waals surface area contributed by atoms with Crippen molar-refractivity contribution in [2.75, 3.05) is 7.11 Å². The van der Waals surface area contributed by atoms with Crippen LogP contribution in [0.15, 0.2) is 18.3 Å². The largest absolute Gasteiger partial charge is 0.477 e. The zero-order chi connectivity index (χ0) is 13.1. The second-order valence-electron chi connectivity index (χ2n) is 3.37.